The summed E-state index contributed by atoms with van der Waals surface area (Å²) in [7, 11) is 2.17. The summed E-state index contributed by atoms with van der Waals surface area (Å²) in [6, 6.07) is 8.01. The van der Waals surface area contributed by atoms with Crippen LogP contribution in [0.5, 0.6) is 5.75 Å². The van der Waals surface area contributed by atoms with Crippen LogP contribution in [0, 0.1) is 0 Å². The minimum Gasteiger partial charge on any atom is -0.508 e. The summed E-state index contributed by atoms with van der Waals surface area (Å²) in [4.78, 5) is 19.4. The molecule has 2 saturated heterocycles. The molecular weight excluding hydrogens is 340 g/mol. The molecule has 0 aliphatic carbocycles. The molecule has 1 aromatic carbocycles. The first-order valence-corrected chi connectivity index (χ1v) is 10.3. The second kappa shape index (κ2) is 9.42. The Bertz CT molecular complexity index is 608. The van der Waals surface area contributed by atoms with Gasteiger partial charge < -0.3 is 20.2 Å². The van der Waals surface area contributed by atoms with Gasteiger partial charge in [-0.15, -0.1) is 0 Å². The van der Waals surface area contributed by atoms with Crippen LogP contribution in [0.4, 0.5) is 4.79 Å². The Balaban J connectivity index is 1.43. The molecule has 1 aromatic rings. The van der Waals surface area contributed by atoms with Crippen LogP contribution in [0.3, 0.4) is 0 Å². The number of hydrogen-bond acceptors (Lipinski definition) is 4. The number of phenolic OH excluding ortho intramolecular Hbond substituents is 1. The lowest BCUT2D eigenvalue weighted by Crippen LogP contribution is -2.53. The van der Waals surface area contributed by atoms with Crippen LogP contribution in [0.2, 0.25) is 0 Å². The van der Waals surface area contributed by atoms with Gasteiger partial charge in [0.1, 0.15) is 5.75 Å². The van der Waals surface area contributed by atoms with Crippen LogP contribution in [0.25, 0.3) is 0 Å². The van der Waals surface area contributed by atoms with Crippen LogP contribution in [-0.4, -0.2) is 84.7 Å². The van der Waals surface area contributed by atoms with Gasteiger partial charge in [0.05, 0.1) is 0 Å². The number of carbonyl (C=O) groups excluding carboxylic acids is 1. The van der Waals surface area contributed by atoms with Gasteiger partial charge in [-0.3, -0.25) is 4.90 Å². The number of benzene rings is 1. The normalized spacial score (nSPS) is 21.2. The predicted octanol–water partition coefficient (Wildman–Crippen LogP) is 2.31. The quantitative estimate of drug-likeness (QED) is 0.830. The highest BCUT2D eigenvalue weighted by atomic mass is 16.3. The zero-order chi connectivity index (χ0) is 19.2. The second-order valence-electron chi connectivity index (χ2n) is 7.94. The molecular formula is C21H34N4O2. The highest BCUT2D eigenvalue weighted by molar-refractivity contribution is 5.74. The summed E-state index contributed by atoms with van der Waals surface area (Å²) in [5.74, 6) is 0.747. The van der Waals surface area contributed by atoms with E-state index in [1.165, 1.54) is 5.56 Å². The Labute approximate surface area is 163 Å². The van der Waals surface area contributed by atoms with Gasteiger partial charge in [-0.2, -0.15) is 0 Å². The second-order valence-corrected chi connectivity index (χ2v) is 7.94. The zero-order valence-electron chi connectivity index (χ0n) is 16.7. The van der Waals surface area contributed by atoms with Crippen LogP contribution in [0.1, 0.15) is 37.7 Å². The van der Waals surface area contributed by atoms with E-state index in [0.717, 1.165) is 65.1 Å². The molecule has 150 valence electrons. The first kappa shape index (κ1) is 20.0. The molecule has 6 heteroatoms. The molecule has 1 atom stereocenters. The number of likely N-dealkylation sites (N-methyl/N-ethyl adjacent to an activating group) is 1. The van der Waals surface area contributed by atoms with Crippen molar-refractivity contribution in [2.75, 3.05) is 52.9 Å². The van der Waals surface area contributed by atoms with Crippen molar-refractivity contribution in [2.24, 2.45) is 0 Å². The van der Waals surface area contributed by atoms with E-state index >= 15 is 0 Å². The standard InChI is InChI=1S/C21H34N4O2/c1-3-19(24-13-11-23(2)12-14-24)16-22-21(27)25-9-7-17(8-10-25)18-5-4-6-20(26)15-18/h4-6,15,17,19,26H,3,7-14,16H2,1-2H3,(H,22,27). The summed E-state index contributed by atoms with van der Waals surface area (Å²) in [6.45, 7) is 8.86. The van der Waals surface area contributed by atoms with Crippen molar-refractivity contribution < 1.29 is 9.90 Å². The van der Waals surface area contributed by atoms with E-state index in [-0.39, 0.29) is 6.03 Å². The number of urea groups is 1. The Morgan fingerprint density at radius 1 is 1.19 bits per heavy atom. The average molecular weight is 375 g/mol. The van der Waals surface area contributed by atoms with Gasteiger partial charge in [-0.25, -0.2) is 4.79 Å². The van der Waals surface area contributed by atoms with Crippen LogP contribution >= 0.6 is 0 Å². The number of nitrogens with one attached hydrogen (secondary N) is 1. The lowest BCUT2D eigenvalue weighted by Gasteiger charge is -2.38. The van der Waals surface area contributed by atoms with E-state index in [4.69, 9.17) is 0 Å². The van der Waals surface area contributed by atoms with Gasteiger partial charge in [0.25, 0.3) is 0 Å². The summed E-state index contributed by atoms with van der Waals surface area (Å²) in [5.41, 5.74) is 1.18. The zero-order valence-corrected chi connectivity index (χ0v) is 16.7. The first-order chi connectivity index (χ1) is 13.1. The molecule has 6 nitrogen and oxygen atoms in total. The third-order valence-electron chi connectivity index (χ3n) is 6.14. The summed E-state index contributed by atoms with van der Waals surface area (Å²) >= 11 is 0. The van der Waals surface area contributed by atoms with E-state index in [1.807, 2.05) is 17.0 Å². The fourth-order valence-corrected chi connectivity index (χ4v) is 4.23. The number of likely N-dealkylation sites (tertiary alicyclic amines) is 1. The smallest absolute Gasteiger partial charge is 0.317 e. The first-order valence-electron chi connectivity index (χ1n) is 10.3. The third kappa shape index (κ3) is 5.36. The molecule has 2 N–H and O–H groups in total. The van der Waals surface area contributed by atoms with E-state index in [2.05, 4.69) is 35.2 Å². The van der Waals surface area contributed by atoms with Crippen LogP contribution in [0.15, 0.2) is 24.3 Å². The van der Waals surface area contributed by atoms with Gasteiger partial charge in [0.15, 0.2) is 0 Å². The van der Waals surface area contributed by atoms with Crippen molar-refractivity contribution in [3.63, 3.8) is 0 Å². The number of aromatic hydroxyl groups is 1. The van der Waals surface area contributed by atoms with Crippen LogP contribution < -0.4 is 5.32 Å². The number of piperidine rings is 1. The Morgan fingerprint density at radius 3 is 2.52 bits per heavy atom. The number of piperazine rings is 1. The molecule has 1 unspecified atom stereocenters. The molecule has 0 radical (unpaired) electrons. The highest BCUT2D eigenvalue weighted by Gasteiger charge is 2.26. The average Bonchev–Trinajstić information content (AvgIpc) is 2.69. The lowest BCUT2D eigenvalue weighted by atomic mass is 9.89. The van der Waals surface area contributed by atoms with E-state index in [0.29, 0.717) is 17.7 Å². The Kier molecular flexibility index (Phi) is 6.96. The van der Waals surface area contributed by atoms with E-state index in [9.17, 15) is 9.90 Å². The molecule has 0 bridgehead atoms. The Morgan fingerprint density at radius 2 is 1.89 bits per heavy atom. The maximum absolute atomic E-state index is 12.6. The SMILES string of the molecule is CCC(CNC(=O)N1CCC(c2cccc(O)c2)CC1)N1CCN(C)CC1. The number of amides is 2. The van der Waals surface area contributed by atoms with Crippen molar-refractivity contribution >= 4 is 6.03 Å². The number of hydrogen-bond donors (Lipinski definition) is 2. The predicted molar refractivity (Wildman–Crippen MR) is 108 cm³/mol. The third-order valence-corrected chi connectivity index (χ3v) is 6.14. The molecule has 2 fully saturated rings. The van der Waals surface area contributed by atoms with Crippen molar-refractivity contribution in [1.82, 2.24) is 20.0 Å². The van der Waals surface area contributed by atoms with Gasteiger partial charge >= 0.3 is 6.03 Å². The molecule has 2 heterocycles. The van der Waals surface area contributed by atoms with E-state index in [1.54, 1.807) is 6.07 Å². The number of phenols is 1. The number of rotatable bonds is 5. The van der Waals surface area contributed by atoms with Crippen molar-refractivity contribution in [1.29, 1.82) is 0 Å². The van der Waals surface area contributed by atoms with Gasteiger partial charge in [-0.05, 0) is 49.9 Å². The monoisotopic (exact) mass is 374 g/mol. The summed E-state index contributed by atoms with van der Waals surface area (Å²) < 4.78 is 0. The molecule has 0 saturated carbocycles. The van der Waals surface area contributed by atoms with Crippen molar-refractivity contribution in [3.8, 4) is 5.75 Å². The molecule has 0 spiro atoms. The Hall–Kier alpha value is -1.79. The van der Waals surface area contributed by atoms with Gasteiger partial charge in [0.2, 0.25) is 0 Å². The molecule has 2 amide bonds. The van der Waals surface area contributed by atoms with Gasteiger partial charge in [0, 0.05) is 51.9 Å². The van der Waals surface area contributed by atoms with Crippen LogP contribution in [-0.2, 0) is 0 Å². The van der Waals surface area contributed by atoms with Gasteiger partial charge in [-0.1, -0.05) is 19.1 Å². The lowest BCUT2D eigenvalue weighted by molar-refractivity contribution is 0.107. The minimum absolute atomic E-state index is 0.0666. The van der Waals surface area contributed by atoms with Crippen molar-refractivity contribution in [2.45, 2.75) is 38.1 Å². The maximum atomic E-state index is 12.6. The van der Waals surface area contributed by atoms with E-state index < -0.39 is 0 Å². The highest BCUT2D eigenvalue weighted by Crippen LogP contribution is 2.29. The fraction of sp³-hybridized carbons (Fsp3) is 0.667. The summed E-state index contributed by atoms with van der Waals surface area (Å²) in [5, 5.41) is 12.8. The topological polar surface area (TPSA) is 59.1 Å². The number of nitrogens with zero attached hydrogens (tertiary/aromatic N) is 3. The molecule has 2 aliphatic rings. The molecule has 2 aliphatic heterocycles. The molecule has 27 heavy (non-hydrogen) atoms. The molecule has 0 aromatic heterocycles. The maximum Gasteiger partial charge on any atom is 0.317 e. The summed E-state index contributed by atoms with van der Waals surface area (Å²) in [6.07, 6.45) is 2.96. The van der Waals surface area contributed by atoms with Crippen molar-refractivity contribution in [3.05, 3.63) is 29.8 Å². The largest absolute Gasteiger partial charge is 0.508 e. The number of carbonyl (C=O) groups is 1. The fourth-order valence-electron chi connectivity index (χ4n) is 4.23. The molecule has 3 rings (SSSR count). The minimum atomic E-state index is 0.0666.